The van der Waals surface area contributed by atoms with Crippen molar-refractivity contribution in [2.45, 2.75) is 161 Å². The van der Waals surface area contributed by atoms with E-state index in [2.05, 4.69) is 50.3 Å². The van der Waals surface area contributed by atoms with E-state index in [1.54, 1.807) is 0 Å². The van der Waals surface area contributed by atoms with Crippen molar-refractivity contribution >= 4 is 19.8 Å². The summed E-state index contributed by atoms with van der Waals surface area (Å²) in [5, 5.41) is 0. The summed E-state index contributed by atoms with van der Waals surface area (Å²) in [5.41, 5.74) is 5.32. The van der Waals surface area contributed by atoms with Crippen LogP contribution < -0.4 is 5.73 Å². The van der Waals surface area contributed by atoms with Crippen LogP contribution in [0, 0.1) is 0 Å². The molecule has 9 nitrogen and oxygen atoms in total. The van der Waals surface area contributed by atoms with Gasteiger partial charge < -0.3 is 20.1 Å². The Morgan fingerprint density at radius 2 is 1.17 bits per heavy atom. The van der Waals surface area contributed by atoms with Gasteiger partial charge in [-0.1, -0.05) is 134 Å². The molecule has 0 rings (SSSR count). The van der Waals surface area contributed by atoms with Gasteiger partial charge in [0.2, 0.25) is 0 Å². The molecule has 2 atom stereocenters. The molecule has 0 aliphatic heterocycles. The molecule has 0 heterocycles. The first-order chi connectivity index (χ1) is 22.8. The van der Waals surface area contributed by atoms with Gasteiger partial charge in [0.25, 0.3) is 0 Å². The molecule has 0 amide bonds. The Labute approximate surface area is 286 Å². The maximum absolute atomic E-state index is 12.5. The molecule has 2 unspecified atom stereocenters. The number of hydrogen-bond acceptors (Lipinski definition) is 8. The number of phosphoric ester groups is 1. The van der Waals surface area contributed by atoms with Gasteiger partial charge in [-0.25, -0.2) is 4.57 Å². The SMILES string of the molecule is CC/C=C\C/C=C\C/C=C\CCCCCC(=O)OC(COC(=O)CCCCCCCCCCCCCCC)COP(=O)(O)OCCN. The molecule has 0 aromatic carbocycles. The average molecular weight is 686 g/mol. The maximum atomic E-state index is 12.5. The van der Waals surface area contributed by atoms with Crippen LogP contribution in [0.5, 0.6) is 0 Å². The van der Waals surface area contributed by atoms with E-state index >= 15 is 0 Å². The van der Waals surface area contributed by atoms with Crippen molar-refractivity contribution in [3.63, 3.8) is 0 Å². The Bertz CT molecular complexity index is 876. The molecular formula is C37H68NO8P. The third-order valence-corrected chi connectivity index (χ3v) is 8.52. The van der Waals surface area contributed by atoms with Crippen molar-refractivity contribution in [1.82, 2.24) is 0 Å². The van der Waals surface area contributed by atoms with Crippen LogP contribution >= 0.6 is 7.82 Å². The lowest BCUT2D eigenvalue weighted by atomic mass is 10.0. The highest BCUT2D eigenvalue weighted by molar-refractivity contribution is 7.47. The second-order valence-corrected chi connectivity index (χ2v) is 13.5. The number of unbranched alkanes of at least 4 members (excludes halogenated alkanes) is 15. The highest BCUT2D eigenvalue weighted by atomic mass is 31.2. The van der Waals surface area contributed by atoms with Gasteiger partial charge >= 0.3 is 19.8 Å². The van der Waals surface area contributed by atoms with Crippen LogP contribution in [0.2, 0.25) is 0 Å². The summed E-state index contributed by atoms with van der Waals surface area (Å²) in [7, 11) is -4.37. The Hall–Kier alpha value is -1.77. The molecule has 3 N–H and O–H groups in total. The first-order valence-electron chi connectivity index (χ1n) is 18.5. The minimum atomic E-state index is -4.37. The Kier molecular flexibility index (Phi) is 32.8. The lowest BCUT2D eigenvalue weighted by molar-refractivity contribution is -0.161. The van der Waals surface area contributed by atoms with E-state index in [-0.39, 0.29) is 32.6 Å². The first kappa shape index (κ1) is 45.2. The van der Waals surface area contributed by atoms with E-state index < -0.39 is 32.5 Å². The van der Waals surface area contributed by atoms with Gasteiger partial charge in [0, 0.05) is 19.4 Å². The number of nitrogens with two attached hydrogens (primary N) is 1. The number of carbonyl (C=O) groups excluding carboxylic acids is 2. The zero-order chi connectivity index (χ0) is 34.7. The highest BCUT2D eigenvalue weighted by Crippen LogP contribution is 2.43. The summed E-state index contributed by atoms with van der Waals surface area (Å²) in [6.07, 6.45) is 34.6. The number of ether oxygens (including phenoxy) is 2. The predicted molar refractivity (Wildman–Crippen MR) is 192 cm³/mol. The van der Waals surface area contributed by atoms with E-state index in [0.717, 1.165) is 57.8 Å². The van der Waals surface area contributed by atoms with Gasteiger partial charge in [-0.15, -0.1) is 0 Å². The highest BCUT2D eigenvalue weighted by Gasteiger charge is 2.25. The first-order valence-corrected chi connectivity index (χ1v) is 20.0. The Morgan fingerprint density at radius 1 is 0.660 bits per heavy atom. The smallest absolute Gasteiger partial charge is 0.462 e. The van der Waals surface area contributed by atoms with Gasteiger partial charge in [0.15, 0.2) is 6.10 Å². The molecule has 0 saturated carbocycles. The number of carbonyl (C=O) groups is 2. The van der Waals surface area contributed by atoms with E-state index in [9.17, 15) is 19.0 Å². The number of allylic oxidation sites excluding steroid dienone is 6. The van der Waals surface area contributed by atoms with Crippen molar-refractivity contribution in [1.29, 1.82) is 0 Å². The number of phosphoric acid groups is 1. The summed E-state index contributed by atoms with van der Waals surface area (Å²) >= 11 is 0. The minimum absolute atomic E-state index is 0.0485. The van der Waals surface area contributed by atoms with Gasteiger partial charge in [-0.3, -0.25) is 18.6 Å². The third-order valence-electron chi connectivity index (χ3n) is 7.54. The van der Waals surface area contributed by atoms with Crippen LogP contribution in [-0.2, 0) is 32.7 Å². The van der Waals surface area contributed by atoms with Crippen LogP contribution in [0.1, 0.15) is 155 Å². The topological polar surface area (TPSA) is 134 Å². The normalized spacial score (nSPS) is 13.9. The van der Waals surface area contributed by atoms with E-state index in [4.69, 9.17) is 24.3 Å². The molecule has 0 bridgehead atoms. The zero-order valence-corrected chi connectivity index (χ0v) is 30.7. The van der Waals surface area contributed by atoms with Crippen molar-refractivity contribution in [2.24, 2.45) is 5.73 Å². The molecule has 0 spiro atoms. The maximum Gasteiger partial charge on any atom is 0.472 e. The third kappa shape index (κ3) is 33.9. The Balaban J connectivity index is 4.28. The summed E-state index contributed by atoms with van der Waals surface area (Å²) < 4.78 is 32.6. The zero-order valence-electron chi connectivity index (χ0n) is 29.8. The van der Waals surface area contributed by atoms with Crippen molar-refractivity contribution < 1.29 is 37.6 Å². The molecule has 0 aliphatic carbocycles. The molecule has 0 saturated heterocycles. The molecule has 0 fully saturated rings. The fourth-order valence-corrected chi connectivity index (χ4v) is 5.59. The molecule has 10 heteroatoms. The number of hydrogen-bond donors (Lipinski definition) is 2. The van der Waals surface area contributed by atoms with Crippen molar-refractivity contribution in [3.8, 4) is 0 Å². The summed E-state index contributed by atoms with van der Waals surface area (Å²) in [6.45, 7) is 3.56. The molecular weight excluding hydrogens is 617 g/mol. The fourth-order valence-electron chi connectivity index (χ4n) is 4.82. The number of rotatable bonds is 34. The van der Waals surface area contributed by atoms with Gasteiger partial charge in [0.1, 0.15) is 6.61 Å². The molecule has 0 aliphatic rings. The van der Waals surface area contributed by atoms with Crippen LogP contribution in [-0.4, -0.2) is 49.3 Å². The molecule has 0 aromatic heterocycles. The lowest BCUT2D eigenvalue weighted by Crippen LogP contribution is -2.29. The number of esters is 2. The Morgan fingerprint density at radius 3 is 1.74 bits per heavy atom. The van der Waals surface area contributed by atoms with Gasteiger partial charge in [-0.05, 0) is 44.9 Å². The minimum Gasteiger partial charge on any atom is -0.462 e. The van der Waals surface area contributed by atoms with Crippen molar-refractivity contribution in [2.75, 3.05) is 26.4 Å². The monoisotopic (exact) mass is 685 g/mol. The van der Waals surface area contributed by atoms with Crippen molar-refractivity contribution in [3.05, 3.63) is 36.5 Å². The summed E-state index contributed by atoms with van der Waals surface area (Å²) in [6, 6.07) is 0. The van der Waals surface area contributed by atoms with Gasteiger partial charge in [0.05, 0.1) is 13.2 Å². The van der Waals surface area contributed by atoms with Gasteiger partial charge in [-0.2, -0.15) is 0 Å². The quantitative estimate of drug-likeness (QED) is 0.0294. The molecule has 0 radical (unpaired) electrons. The lowest BCUT2D eigenvalue weighted by Gasteiger charge is -2.19. The van der Waals surface area contributed by atoms with E-state index in [0.29, 0.717) is 6.42 Å². The second-order valence-electron chi connectivity index (χ2n) is 12.1. The molecule has 47 heavy (non-hydrogen) atoms. The van der Waals surface area contributed by atoms with E-state index in [1.807, 2.05) is 0 Å². The van der Waals surface area contributed by atoms with Crippen LogP contribution in [0.4, 0.5) is 0 Å². The molecule has 274 valence electrons. The summed E-state index contributed by atoms with van der Waals surface area (Å²) in [4.78, 5) is 34.6. The average Bonchev–Trinajstić information content (AvgIpc) is 3.05. The fraction of sp³-hybridized carbons (Fsp3) is 0.784. The largest absolute Gasteiger partial charge is 0.472 e. The predicted octanol–water partition coefficient (Wildman–Crippen LogP) is 9.82. The standard InChI is InChI=1S/C37H68NO8P/c1-3-5-7-9-11-13-15-17-19-21-23-25-27-29-36(39)43-33-35(34-45-47(41,42)44-32-31-38)46-37(40)30-28-26-24-22-20-18-16-14-12-10-8-6-4-2/h6,8,12,14,18,20,35H,3-5,7,9-11,13,15-17,19,21-34,38H2,1-2H3,(H,41,42)/b8-6-,14-12-,20-18-. The van der Waals surface area contributed by atoms with E-state index in [1.165, 1.54) is 64.2 Å². The van der Waals surface area contributed by atoms with Crippen LogP contribution in [0.15, 0.2) is 36.5 Å². The molecule has 0 aromatic rings. The van der Waals surface area contributed by atoms with Crippen LogP contribution in [0.3, 0.4) is 0 Å². The second kappa shape index (κ2) is 34.1. The van der Waals surface area contributed by atoms with Crippen LogP contribution in [0.25, 0.3) is 0 Å². The summed E-state index contributed by atoms with van der Waals surface area (Å²) in [5.74, 6) is -0.864.